The van der Waals surface area contributed by atoms with Crippen molar-refractivity contribution in [2.24, 2.45) is 5.92 Å². The molecule has 1 unspecified atom stereocenters. The maximum absolute atomic E-state index is 3.72. The number of halogens is 1. The van der Waals surface area contributed by atoms with E-state index in [1.54, 1.807) is 0 Å². The summed E-state index contributed by atoms with van der Waals surface area (Å²) < 4.78 is 1.22. The van der Waals surface area contributed by atoms with Gasteiger partial charge < -0.3 is 10.2 Å². The lowest BCUT2D eigenvalue weighted by Gasteiger charge is -2.28. The molecule has 1 saturated carbocycles. The van der Waals surface area contributed by atoms with E-state index in [-0.39, 0.29) is 0 Å². The van der Waals surface area contributed by atoms with Gasteiger partial charge in [0.15, 0.2) is 0 Å². The van der Waals surface area contributed by atoms with Crippen LogP contribution in [0.5, 0.6) is 0 Å². The minimum Gasteiger partial charge on any atom is -0.370 e. The van der Waals surface area contributed by atoms with E-state index in [2.05, 4.69) is 51.3 Å². The van der Waals surface area contributed by atoms with Gasteiger partial charge in [0.05, 0.1) is 0 Å². The Morgan fingerprint density at radius 1 is 1.33 bits per heavy atom. The predicted octanol–water partition coefficient (Wildman–Crippen LogP) is 3.34. The fourth-order valence-electron chi connectivity index (χ4n) is 2.92. The standard InChI is InChI=1S/C15H21BrN2/c1-11-13(16)4-2-5-15(11)18-9-3-8-17-14(10-18)12-6-7-12/h2,4-5,12,14,17H,3,6-10H2,1H3. The molecule has 1 aromatic carbocycles. The minimum atomic E-state index is 0.700. The molecule has 0 radical (unpaired) electrons. The smallest absolute Gasteiger partial charge is 0.0407 e. The van der Waals surface area contributed by atoms with E-state index in [9.17, 15) is 0 Å². The van der Waals surface area contributed by atoms with E-state index in [4.69, 9.17) is 0 Å². The number of hydrogen-bond acceptors (Lipinski definition) is 2. The van der Waals surface area contributed by atoms with Gasteiger partial charge in [0.1, 0.15) is 0 Å². The predicted molar refractivity (Wildman–Crippen MR) is 80.2 cm³/mol. The Kier molecular flexibility index (Phi) is 3.62. The number of anilines is 1. The van der Waals surface area contributed by atoms with E-state index < -0.39 is 0 Å². The van der Waals surface area contributed by atoms with Crippen LogP contribution in [0.2, 0.25) is 0 Å². The van der Waals surface area contributed by atoms with Crippen LogP contribution in [0.25, 0.3) is 0 Å². The van der Waals surface area contributed by atoms with Crippen molar-refractivity contribution in [1.29, 1.82) is 0 Å². The van der Waals surface area contributed by atoms with Crippen molar-refractivity contribution in [3.05, 3.63) is 28.2 Å². The summed E-state index contributed by atoms with van der Waals surface area (Å²) in [5, 5.41) is 3.72. The number of nitrogens with zero attached hydrogens (tertiary/aromatic N) is 1. The zero-order chi connectivity index (χ0) is 12.5. The molecule has 0 amide bonds. The molecule has 3 heteroatoms. The van der Waals surface area contributed by atoms with Crippen LogP contribution in [0, 0.1) is 12.8 Å². The Labute approximate surface area is 118 Å². The molecule has 2 fully saturated rings. The molecular weight excluding hydrogens is 288 g/mol. The first-order valence-corrected chi connectivity index (χ1v) is 7.78. The fourth-order valence-corrected chi connectivity index (χ4v) is 3.28. The van der Waals surface area contributed by atoms with Gasteiger partial charge >= 0.3 is 0 Å². The molecule has 18 heavy (non-hydrogen) atoms. The first-order valence-electron chi connectivity index (χ1n) is 6.99. The Morgan fingerprint density at radius 3 is 2.94 bits per heavy atom. The first-order chi connectivity index (χ1) is 8.75. The average Bonchev–Trinajstić information content (AvgIpc) is 3.16. The molecule has 2 nitrogen and oxygen atoms in total. The molecule has 0 aromatic heterocycles. The number of benzene rings is 1. The summed E-state index contributed by atoms with van der Waals surface area (Å²) in [7, 11) is 0. The second kappa shape index (κ2) is 5.22. The Balaban J connectivity index is 1.82. The SMILES string of the molecule is Cc1c(Br)cccc1N1CCCNC(C2CC2)C1. The zero-order valence-corrected chi connectivity index (χ0v) is 12.5. The van der Waals surface area contributed by atoms with Gasteiger partial charge in [0.2, 0.25) is 0 Å². The molecule has 0 spiro atoms. The van der Waals surface area contributed by atoms with E-state index >= 15 is 0 Å². The molecule has 98 valence electrons. The van der Waals surface area contributed by atoms with Crippen molar-refractivity contribution < 1.29 is 0 Å². The van der Waals surface area contributed by atoms with Gasteiger partial charge in [-0.2, -0.15) is 0 Å². The van der Waals surface area contributed by atoms with Crippen molar-refractivity contribution in [2.45, 2.75) is 32.2 Å². The summed E-state index contributed by atoms with van der Waals surface area (Å²) in [5.74, 6) is 0.929. The van der Waals surface area contributed by atoms with E-state index in [0.717, 1.165) is 5.92 Å². The van der Waals surface area contributed by atoms with Gasteiger partial charge in [-0.15, -0.1) is 0 Å². The summed E-state index contributed by atoms with van der Waals surface area (Å²) in [5.41, 5.74) is 2.77. The quantitative estimate of drug-likeness (QED) is 0.901. The van der Waals surface area contributed by atoms with Crippen LogP contribution in [0.3, 0.4) is 0 Å². The highest BCUT2D eigenvalue weighted by molar-refractivity contribution is 9.10. The highest BCUT2D eigenvalue weighted by atomic mass is 79.9. The second-order valence-corrected chi connectivity index (χ2v) is 6.44. The van der Waals surface area contributed by atoms with Crippen molar-refractivity contribution in [1.82, 2.24) is 5.32 Å². The third-order valence-corrected chi connectivity index (χ3v) is 5.06. The maximum atomic E-state index is 3.72. The Morgan fingerprint density at radius 2 is 2.17 bits per heavy atom. The van der Waals surface area contributed by atoms with Crippen LogP contribution in [-0.2, 0) is 0 Å². The van der Waals surface area contributed by atoms with Crippen LogP contribution in [-0.4, -0.2) is 25.7 Å². The monoisotopic (exact) mass is 308 g/mol. The molecule has 2 aliphatic rings. The van der Waals surface area contributed by atoms with Crippen molar-refractivity contribution in [3.63, 3.8) is 0 Å². The van der Waals surface area contributed by atoms with Crippen LogP contribution in [0.4, 0.5) is 5.69 Å². The summed E-state index contributed by atoms with van der Waals surface area (Å²) in [6, 6.07) is 7.24. The molecular formula is C15H21BrN2. The molecule has 1 aliphatic carbocycles. The van der Waals surface area contributed by atoms with E-state index in [1.807, 2.05) is 0 Å². The van der Waals surface area contributed by atoms with E-state index in [0.29, 0.717) is 6.04 Å². The highest BCUT2D eigenvalue weighted by Gasteiger charge is 2.33. The fraction of sp³-hybridized carbons (Fsp3) is 0.600. The number of rotatable bonds is 2. The first kappa shape index (κ1) is 12.5. The topological polar surface area (TPSA) is 15.3 Å². The Bertz CT molecular complexity index is 429. The highest BCUT2D eigenvalue weighted by Crippen LogP contribution is 2.35. The lowest BCUT2D eigenvalue weighted by molar-refractivity contribution is 0.490. The second-order valence-electron chi connectivity index (χ2n) is 5.58. The largest absolute Gasteiger partial charge is 0.370 e. The summed E-state index contributed by atoms with van der Waals surface area (Å²) in [6.07, 6.45) is 4.08. The molecule has 1 saturated heterocycles. The lowest BCUT2D eigenvalue weighted by atomic mass is 10.1. The number of nitrogens with one attached hydrogen (secondary N) is 1. The van der Waals surface area contributed by atoms with Crippen LogP contribution >= 0.6 is 15.9 Å². The number of hydrogen-bond donors (Lipinski definition) is 1. The van der Waals surface area contributed by atoms with Gasteiger partial charge in [0, 0.05) is 29.3 Å². The van der Waals surface area contributed by atoms with Gasteiger partial charge in [0.25, 0.3) is 0 Å². The van der Waals surface area contributed by atoms with Crippen LogP contribution < -0.4 is 10.2 Å². The molecule has 0 bridgehead atoms. The third-order valence-electron chi connectivity index (χ3n) is 4.20. The average molecular weight is 309 g/mol. The lowest BCUT2D eigenvalue weighted by Crippen LogP contribution is -2.39. The van der Waals surface area contributed by atoms with Gasteiger partial charge in [-0.25, -0.2) is 0 Å². The molecule has 1 atom stereocenters. The summed E-state index contributed by atoms with van der Waals surface area (Å²) in [4.78, 5) is 2.57. The molecule has 1 aromatic rings. The third kappa shape index (κ3) is 2.57. The summed E-state index contributed by atoms with van der Waals surface area (Å²) >= 11 is 3.65. The van der Waals surface area contributed by atoms with E-state index in [1.165, 1.54) is 54.6 Å². The van der Waals surface area contributed by atoms with Crippen LogP contribution in [0.15, 0.2) is 22.7 Å². The Hall–Kier alpha value is -0.540. The summed E-state index contributed by atoms with van der Waals surface area (Å²) in [6.45, 7) is 5.73. The van der Waals surface area contributed by atoms with Crippen molar-refractivity contribution in [3.8, 4) is 0 Å². The van der Waals surface area contributed by atoms with Crippen molar-refractivity contribution >= 4 is 21.6 Å². The van der Waals surface area contributed by atoms with Gasteiger partial charge in [-0.05, 0) is 56.3 Å². The van der Waals surface area contributed by atoms with Crippen molar-refractivity contribution in [2.75, 3.05) is 24.5 Å². The molecule has 1 aliphatic heterocycles. The zero-order valence-electron chi connectivity index (χ0n) is 11.0. The van der Waals surface area contributed by atoms with Crippen LogP contribution in [0.1, 0.15) is 24.8 Å². The molecule has 1 N–H and O–H groups in total. The van der Waals surface area contributed by atoms with Gasteiger partial charge in [-0.1, -0.05) is 22.0 Å². The molecule has 1 heterocycles. The molecule has 3 rings (SSSR count). The normalized spacial score (nSPS) is 25.0. The maximum Gasteiger partial charge on any atom is 0.0407 e. The minimum absolute atomic E-state index is 0.700. The van der Waals surface area contributed by atoms with Gasteiger partial charge in [-0.3, -0.25) is 0 Å².